The topological polar surface area (TPSA) is 116 Å². The third-order valence-electron chi connectivity index (χ3n) is 5.31. The van der Waals surface area contributed by atoms with Crippen LogP contribution in [0, 0.1) is 20.8 Å². The maximum absolute atomic E-state index is 11.9. The minimum atomic E-state index is -0.878. The van der Waals surface area contributed by atoms with Crippen molar-refractivity contribution in [3.05, 3.63) is 76.1 Å². The molecular weight excluding hydrogens is 436 g/mol. The van der Waals surface area contributed by atoms with Crippen LogP contribution in [0.4, 0.5) is 11.6 Å². The van der Waals surface area contributed by atoms with Crippen LogP contribution in [-0.4, -0.2) is 37.3 Å². The minimum absolute atomic E-state index is 0.372. The van der Waals surface area contributed by atoms with E-state index in [0.29, 0.717) is 18.9 Å². The van der Waals surface area contributed by atoms with Gasteiger partial charge in [0.25, 0.3) is 0 Å². The van der Waals surface area contributed by atoms with Crippen molar-refractivity contribution >= 4 is 28.9 Å². The molecule has 0 radical (unpaired) electrons. The van der Waals surface area contributed by atoms with E-state index in [-0.39, 0.29) is 0 Å². The number of H-pyrrole nitrogens is 1. The number of nitrogens with zero attached hydrogens (tertiary/aromatic N) is 3. The lowest BCUT2D eigenvalue weighted by atomic mass is 10.0. The van der Waals surface area contributed by atoms with Gasteiger partial charge >= 0.3 is 5.97 Å². The molecular formula is C24H26N6O2S. The van der Waals surface area contributed by atoms with E-state index < -0.39 is 12.0 Å². The number of aromatic nitrogens is 4. The van der Waals surface area contributed by atoms with E-state index in [1.807, 2.05) is 45.0 Å². The molecule has 4 rings (SSSR count). The van der Waals surface area contributed by atoms with Gasteiger partial charge < -0.3 is 20.7 Å². The number of carboxylic acid groups (broad SMARTS) is 1. The van der Waals surface area contributed by atoms with Crippen LogP contribution >= 0.6 is 11.3 Å². The predicted octanol–water partition coefficient (Wildman–Crippen LogP) is 4.57. The second-order valence-electron chi connectivity index (χ2n) is 8.00. The lowest BCUT2D eigenvalue weighted by Crippen LogP contribution is -2.32. The minimum Gasteiger partial charge on any atom is -0.480 e. The first kappa shape index (κ1) is 22.5. The summed E-state index contributed by atoms with van der Waals surface area (Å²) in [5.74, 6) is -0.190. The van der Waals surface area contributed by atoms with Crippen molar-refractivity contribution < 1.29 is 9.90 Å². The predicted molar refractivity (Wildman–Crippen MR) is 131 cm³/mol. The summed E-state index contributed by atoms with van der Waals surface area (Å²) in [6.07, 6.45) is 3.81. The Bertz CT molecular complexity index is 1210. The highest BCUT2D eigenvalue weighted by atomic mass is 32.1. The number of nitrogens with one attached hydrogen (secondary N) is 3. The largest absolute Gasteiger partial charge is 0.480 e. The van der Waals surface area contributed by atoms with Crippen molar-refractivity contribution in [2.45, 2.75) is 39.8 Å². The van der Waals surface area contributed by atoms with E-state index in [1.165, 1.54) is 11.3 Å². The van der Waals surface area contributed by atoms with Gasteiger partial charge in [-0.05, 0) is 37.5 Å². The number of aryl methyl sites for hydroxylation is 3. The number of hydrogen-bond acceptors (Lipinski definition) is 7. The van der Waals surface area contributed by atoms with Crippen molar-refractivity contribution in [2.24, 2.45) is 0 Å². The molecule has 2 heterocycles. The van der Waals surface area contributed by atoms with Gasteiger partial charge in [-0.3, -0.25) is 0 Å². The second kappa shape index (κ2) is 9.83. The molecule has 0 aliphatic heterocycles. The van der Waals surface area contributed by atoms with E-state index in [1.54, 1.807) is 12.4 Å². The monoisotopic (exact) mass is 462 g/mol. The van der Waals surface area contributed by atoms with Gasteiger partial charge in [-0.15, -0.1) is 10.2 Å². The van der Waals surface area contributed by atoms with Crippen molar-refractivity contribution in [1.29, 1.82) is 0 Å². The van der Waals surface area contributed by atoms with Crippen molar-refractivity contribution in [3.8, 4) is 10.6 Å². The van der Waals surface area contributed by atoms with Crippen molar-refractivity contribution in [1.82, 2.24) is 20.2 Å². The van der Waals surface area contributed by atoms with Crippen LogP contribution in [0.25, 0.3) is 10.6 Å². The third kappa shape index (κ3) is 5.56. The van der Waals surface area contributed by atoms with Gasteiger partial charge in [0.15, 0.2) is 5.95 Å². The Kier molecular flexibility index (Phi) is 6.69. The van der Waals surface area contributed by atoms with Gasteiger partial charge in [0.1, 0.15) is 16.1 Å². The molecule has 0 saturated carbocycles. The highest BCUT2D eigenvalue weighted by molar-refractivity contribution is 7.14. The highest BCUT2D eigenvalue weighted by Gasteiger charge is 2.20. The quantitative estimate of drug-likeness (QED) is 0.288. The summed E-state index contributed by atoms with van der Waals surface area (Å²) in [5, 5.41) is 26.4. The van der Waals surface area contributed by atoms with Gasteiger partial charge in [-0.2, -0.15) is 0 Å². The first-order valence-corrected chi connectivity index (χ1v) is 11.4. The molecule has 4 N–H and O–H groups in total. The van der Waals surface area contributed by atoms with Crippen molar-refractivity contribution in [3.63, 3.8) is 0 Å². The molecule has 170 valence electrons. The maximum Gasteiger partial charge on any atom is 0.326 e. The fourth-order valence-electron chi connectivity index (χ4n) is 3.76. The van der Waals surface area contributed by atoms with E-state index in [4.69, 9.17) is 0 Å². The average molecular weight is 463 g/mol. The fraction of sp³-hybridized carbons (Fsp3) is 0.250. The molecule has 0 aliphatic rings. The number of carboxylic acids is 1. The summed E-state index contributed by atoms with van der Waals surface area (Å²) >= 11 is 1.51. The number of rotatable bonds is 9. The van der Waals surface area contributed by atoms with Crippen LogP contribution in [0.5, 0.6) is 0 Å². The molecule has 0 bridgehead atoms. The molecule has 0 aliphatic carbocycles. The summed E-state index contributed by atoms with van der Waals surface area (Å²) in [5.41, 5.74) is 6.02. The van der Waals surface area contributed by atoms with Gasteiger partial charge in [0.05, 0.1) is 6.54 Å². The Morgan fingerprint density at radius 3 is 2.48 bits per heavy atom. The summed E-state index contributed by atoms with van der Waals surface area (Å²) in [6.45, 7) is 6.57. The molecule has 8 nitrogen and oxygen atoms in total. The van der Waals surface area contributed by atoms with E-state index in [9.17, 15) is 9.90 Å². The third-order valence-corrected chi connectivity index (χ3v) is 6.28. The SMILES string of the molecule is Cc1cc(C)c(NC(Cc2ccc(-c3nnc(CNc4ncc[nH]4)s3)cc2)C(=O)O)c(C)c1. The maximum atomic E-state index is 11.9. The van der Waals surface area contributed by atoms with Crippen molar-refractivity contribution in [2.75, 3.05) is 10.6 Å². The molecule has 9 heteroatoms. The number of aliphatic carboxylic acids is 1. The Hall–Kier alpha value is -3.72. The van der Waals surface area contributed by atoms with E-state index in [2.05, 4.69) is 42.9 Å². The zero-order chi connectivity index (χ0) is 23.4. The lowest BCUT2D eigenvalue weighted by molar-refractivity contribution is -0.137. The first-order chi connectivity index (χ1) is 15.9. The molecule has 0 spiro atoms. The molecule has 4 aromatic rings. The molecule has 0 saturated heterocycles. The second-order valence-corrected chi connectivity index (χ2v) is 9.06. The number of imidazole rings is 1. The smallest absolute Gasteiger partial charge is 0.326 e. The van der Waals surface area contributed by atoms with Crippen LogP contribution in [-0.2, 0) is 17.8 Å². The Labute approximate surface area is 196 Å². The summed E-state index contributed by atoms with van der Waals surface area (Å²) < 4.78 is 0. The van der Waals surface area contributed by atoms with Gasteiger partial charge in [-0.25, -0.2) is 9.78 Å². The first-order valence-electron chi connectivity index (χ1n) is 10.6. The fourth-order valence-corrected chi connectivity index (χ4v) is 4.55. The van der Waals surface area contributed by atoms with Crippen LogP contribution in [0.15, 0.2) is 48.8 Å². The van der Waals surface area contributed by atoms with Gasteiger partial charge in [-0.1, -0.05) is 53.3 Å². The lowest BCUT2D eigenvalue weighted by Gasteiger charge is -2.20. The summed E-state index contributed by atoms with van der Waals surface area (Å²) in [7, 11) is 0. The Balaban J connectivity index is 1.42. The normalized spacial score (nSPS) is 11.8. The number of aromatic amines is 1. The zero-order valence-corrected chi connectivity index (χ0v) is 19.5. The van der Waals surface area contributed by atoms with E-state index in [0.717, 1.165) is 43.5 Å². The zero-order valence-electron chi connectivity index (χ0n) is 18.7. The van der Waals surface area contributed by atoms with Crippen LogP contribution < -0.4 is 10.6 Å². The Morgan fingerprint density at radius 1 is 1.12 bits per heavy atom. The van der Waals surface area contributed by atoms with E-state index >= 15 is 0 Å². The number of hydrogen-bond donors (Lipinski definition) is 4. The number of benzene rings is 2. The van der Waals surface area contributed by atoms with Crippen LogP contribution in [0.1, 0.15) is 27.3 Å². The summed E-state index contributed by atoms with van der Waals surface area (Å²) in [4.78, 5) is 19.1. The number of carbonyl (C=O) groups is 1. The molecule has 1 atom stereocenters. The number of anilines is 2. The molecule has 2 aromatic carbocycles. The molecule has 1 unspecified atom stereocenters. The van der Waals surface area contributed by atoms with Gasteiger partial charge in [0, 0.05) is 30.1 Å². The van der Waals surface area contributed by atoms with Gasteiger partial charge in [0.2, 0.25) is 0 Å². The average Bonchev–Trinajstić information content (AvgIpc) is 3.46. The highest BCUT2D eigenvalue weighted by Crippen LogP contribution is 2.26. The Morgan fingerprint density at radius 2 is 1.85 bits per heavy atom. The molecule has 0 fully saturated rings. The molecule has 2 aromatic heterocycles. The standard InChI is InChI=1S/C24H26N6O2S/c1-14-10-15(2)21(16(3)11-14)28-19(23(31)32)12-17-4-6-18(7-5-17)22-30-29-20(33-22)13-27-24-25-8-9-26-24/h4-11,19,28H,12-13H2,1-3H3,(H,31,32)(H2,25,26,27). The summed E-state index contributed by atoms with van der Waals surface area (Å²) in [6, 6.07) is 11.2. The molecule has 0 amide bonds. The van der Waals surface area contributed by atoms with Crippen LogP contribution in [0.2, 0.25) is 0 Å². The van der Waals surface area contributed by atoms with Crippen LogP contribution in [0.3, 0.4) is 0 Å². The molecule has 33 heavy (non-hydrogen) atoms.